The molecular weight excluding hydrogens is 196 g/mol. The minimum atomic E-state index is 0.179. The maximum atomic E-state index is 5.68. The minimum Gasteiger partial charge on any atom is -0.330 e. The molecule has 0 spiro atoms. The summed E-state index contributed by atoms with van der Waals surface area (Å²) < 4.78 is 0. The number of benzene rings is 1. The van der Waals surface area contributed by atoms with Crippen LogP contribution < -0.4 is 11.1 Å². The van der Waals surface area contributed by atoms with E-state index in [4.69, 9.17) is 5.73 Å². The van der Waals surface area contributed by atoms with Crippen molar-refractivity contribution in [3.8, 4) is 0 Å². The van der Waals surface area contributed by atoms with E-state index in [0.717, 1.165) is 13.0 Å². The molecular formula is C14H24N2. The molecule has 3 N–H and O–H groups in total. The number of nitrogens with one attached hydrogen (secondary N) is 1. The van der Waals surface area contributed by atoms with Crippen LogP contribution in [-0.2, 0) is 0 Å². The summed E-state index contributed by atoms with van der Waals surface area (Å²) in [5.41, 5.74) is 8.50. The summed E-state index contributed by atoms with van der Waals surface area (Å²) in [7, 11) is 2.02. The Morgan fingerprint density at radius 3 is 2.25 bits per heavy atom. The van der Waals surface area contributed by atoms with Crippen molar-refractivity contribution in [1.82, 2.24) is 5.32 Å². The van der Waals surface area contributed by atoms with E-state index >= 15 is 0 Å². The third-order valence-corrected chi connectivity index (χ3v) is 3.27. The highest BCUT2D eigenvalue weighted by Gasteiger charge is 2.28. The van der Waals surface area contributed by atoms with Crippen LogP contribution >= 0.6 is 0 Å². The first-order valence-corrected chi connectivity index (χ1v) is 5.95. The molecule has 1 atom stereocenters. The van der Waals surface area contributed by atoms with Gasteiger partial charge in [0.25, 0.3) is 0 Å². The number of nitrogens with two attached hydrogens (primary N) is 1. The lowest BCUT2D eigenvalue weighted by Crippen LogP contribution is -2.33. The zero-order valence-corrected chi connectivity index (χ0v) is 10.9. The van der Waals surface area contributed by atoms with Crippen LogP contribution in [0.4, 0.5) is 0 Å². The summed E-state index contributed by atoms with van der Waals surface area (Å²) in [4.78, 5) is 0. The smallest absolute Gasteiger partial charge is 0.0369 e. The van der Waals surface area contributed by atoms with Crippen LogP contribution in [0.3, 0.4) is 0 Å². The van der Waals surface area contributed by atoms with Gasteiger partial charge in [0.2, 0.25) is 0 Å². The van der Waals surface area contributed by atoms with Gasteiger partial charge in [-0.15, -0.1) is 0 Å². The SMILES string of the molecule is CNC(c1ccc(C)cc1)C(C)(C)CCN. The number of rotatable bonds is 5. The Bertz CT molecular complexity index is 314. The van der Waals surface area contributed by atoms with Gasteiger partial charge in [0, 0.05) is 6.04 Å². The molecule has 2 heteroatoms. The largest absolute Gasteiger partial charge is 0.330 e. The standard InChI is InChI=1S/C14H24N2/c1-11-5-7-12(8-6-11)13(16-4)14(2,3)9-10-15/h5-8,13,16H,9-10,15H2,1-4H3. The van der Waals surface area contributed by atoms with Crippen LogP contribution in [0.1, 0.15) is 37.4 Å². The monoisotopic (exact) mass is 220 g/mol. The fraction of sp³-hybridized carbons (Fsp3) is 0.571. The molecule has 0 amide bonds. The first kappa shape index (κ1) is 13.2. The van der Waals surface area contributed by atoms with Crippen LogP contribution in [0, 0.1) is 12.3 Å². The van der Waals surface area contributed by atoms with E-state index in [9.17, 15) is 0 Å². The number of aryl methyl sites for hydroxylation is 1. The quantitative estimate of drug-likeness (QED) is 0.800. The highest BCUT2D eigenvalue weighted by molar-refractivity contribution is 5.25. The van der Waals surface area contributed by atoms with E-state index in [1.54, 1.807) is 0 Å². The molecule has 0 radical (unpaired) electrons. The fourth-order valence-corrected chi connectivity index (χ4v) is 2.28. The Morgan fingerprint density at radius 1 is 1.25 bits per heavy atom. The molecule has 0 saturated carbocycles. The van der Waals surface area contributed by atoms with Gasteiger partial charge in [0.1, 0.15) is 0 Å². The summed E-state index contributed by atoms with van der Waals surface area (Å²) >= 11 is 0. The maximum Gasteiger partial charge on any atom is 0.0369 e. The van der Waals surface area contributed by atoms with Crippen molar-refractivity contribution in [2.24, 2.45) is 11.1 Å². The van der Waals surface area contributed by atoms with E-state index < -0.39 is 0 Å². The van der Waals surface area contributed by atoms with Crippen LogP contribution in [-0.4, -0.2) is 13.6 Å². The lowest BCUT2D eigenvalue weighted by Gasteiger charge is -2.34. The summed E-state index contributed by atoms with van der Waals surface area (Å²) in [6.07, 6.45) is 1.02. The van der Waals surface area contributed by atoms with Gasteiger partial charge < -0.3 is 11.1 Å². The lowest BCUT2D eigenvalue weighted by atomic mass is 9.78. The molecule has 0 aliphatic carbocycles. The molecule has 0 saturated heterocycles. The van der Waals surface area contributed by atoms with Gasteiger partial charge in [-0.05, 0) is 37.9 Å². The van der Waals surface area contributed by atoms with Crippen LogP contribution in [0.25, 0.3) is 0 Å². The van der Waals surface area contributed by atoms with Crippen LogP contribution in [0.2, 0.25) is 0 Å². The molecule has 90 valence electrons. The van der Waals surface area contributed by atoms with Gasteiger partial charge in [-0.3, -0.25) is 0 Å². The third kappa shape index (κ3) is 3.06. The molecule has 2 nitrogen and oxygen atoms in total. The summed E-state index contributed by atoms with van der Waals surface area (Å²) in [5, 5.41) is 3.41. The predicted molar refractivity (Wildman–Crippen MR) is 70.4 cm³/mol. The topological polar surface area (TPSA) is 38.0 Å². The van der Waals surface area contributed by atoms with E-state index in [1.807, 2.05) is 7.05 Å². The van der Waals surface area contributed by atoms with Gasteiger partial charge in [-0.25, -0.2) is 0 Å². The molecule has 16 heavy (non-hydrogen) atoms. The molecule has 1 aromatic rings. The molecule has 0 aliphatic rings. The van der Waals surface area contributed by atoms with Crippen molar-refractivity contribution in [2.75, 3.05) is 13.6 Å². The Balaban J connectivity index is 2.93. The molecule has 0 fully saturated rings. The van der Waals surface area contributed by atoms with Gasteiger partial charge >= 0.3 is 0 Å². The zero-order chi connectivity index (χ0) is 12.2. The van der Waals surface area contributed by atoms with Crippen molar-refractivity contribution in [3.63, 3.8) is 0 Å². The fourth-order valence-electron chi connectivity index (χ4n) is 2.28. The number of hydrogen-bond donors (Lipinski definition) is 2. The Labute approximate surface area is 99.2 Å². The second-order valence-corrected chi connectivity index (χ2v) is 5.16. The summed E-state index contributed by atoms with van der Waals surface area (Å²) in [6, 6.07) is 9.09. The average molecular weight is 220 g/mol. The van der Waals surface area contributed by atoms with E-state index in [0.29, 0.717) is 6.04 Å². The highest BCUT2D eigenvalue weighted by Crippen LogP contribution is 2.35. The molecule has 1 rings (SSSR count). The van der Waals surface area contributed by atoms with Crippen molar-refractivity contribution < 1.29 is 0 Å². The summed E-state index contributed by atoms with van der Waals surface area (Å²) in [5.74, 6) is 0. The molecule has 0 aromatic heterocycles. The predicted octanol–water partition coefficient (Wildman–Crippen LogP) is 2.63. The Morgan fingerprint density at radius 2 is 1.81 bits per heavy atom. The Hall–Kier alpha value is -0.860. The molecule has 1 unspecified atom stereocenters. The molecule has 0 aliphatic heterocycles. The minimum absolute atomic E-state index is 0.179. The highest BCUT2D eigenvalue weighted by atomic mass is 14.9. The Kier molecular flexibility index (Phi) is 4.51. The maximum absolute atomic E-state index is 5.68. The third-order valence-electron chi connectivity index (χ3n) is 3.27. The molecule has 0 bridgehead atoms. The molecule has 0 heterocycles. The van der Waals surface area contributed by atoms with Gasteiger partial charge in [0.05, 0.1) is 0 Å². The second kappa shape index (κ2) is 5.46. The second-order valence-electron chi connectivity index (χ2n) is 5.16. The van der Waals surface area contributed by atoms with E-state index in [1.165, 1.54) is 11.1 Å². The van der Waals surface area contributed by atoms with Gasteiger partial charge in [0.15, 0.2) is 0 Å². The first-order valence-electron chi connectivity index (χ1n) is 5.95. The first-order chi connectivity index (χ1) is 7.51. The van der Waals surface area contributed by atoms with Crippen LogP contribution in [0.15, 0.2) is 24.3 Å². The summed E-state index contributed by atoms with van der Waals surface area (Å²) in [6.45, 7) is 7.38. The van der Waals surface area contributed by atoms with Gasteiger partial charge in [-0.2, -0.15) is 0 Å². The lowest BCUT2D eigenvalue weighted by molar-refractivity contribution is 0.239. The molecule has 1 aromatic carbocycles. The van der Waals surface area contributed by atoms with E-state index in [2.05, 4.69) is 50.4 Å². The van der Waals surface area contributed by atoms with Crippen molar-refractivity contribution in [1.29, 1.82) is 0 Å². The number of hydrogen-bond acceptors (Lipinski definition) is 2. The van der Waals surface area contributed by atoms with Crippen molar-refractivity contribution >= 4 is 0 Å². The van der Waals surface area contributed by atoms with Crippen molar-refractivity contribution in [3.05, 3.63) is 35.4 Å². The van der Waals surface area contributed by atoms with E-state index in [-0.39, 0.29) is 5.41 Å². The zero-order valence-electron chi connectivity index (χ0n) is 10.9. The van der Waals surface area contributed by atoms with Gasteiger partial charge in [-0.1, -0.05) is 43.7 Å². The normalized spacial score (nSPS) is 13.8. The van der Waals surface area contributed by atoms with Crippen LogP contribution in [0.5, 0.6) is 0 Å². The average Bonchev–Trinajstić information content (AvgIpc) is 2.21. The van der Waals surface area contributed by atoms with Crippen molar-refractivity contribution in [2.45, 2.75) is 33.2 Å².